The molecule has 0 saturated carbocycles. The Morgan fingerprint density at radius 1 is 1.28 bits per heavy atom. The predicted octanol–water partition coefficient (Wildman–Crippen LogP) is 0.427. The molecule has 0 unspecified atom stereocenters. The first kappa shape index (κ1) is 16.9. The van der Waals surface area contributed by atoms with Crippen LogP contribution >= 0.6 is 0 Å². The fourth-order valence-electron chi connectivity index (χ4n) is 1.51. The average molecular weight is 279 g/mol. The van der Waals surface area contributed by atoms with Crippen LogP contribution in [0.2, 0.25) is 0 Å². The number of carbonyl (C=O) groups is 2. The lowest BCUT2D eigenvalue weighted by Crippen LogP contribution is -2.44. The van der Waals surface area contributed by atoms with Crippen LogP contribution in [-0.2, 0) is 19.4 Å². The molecule has 0 radical (unpaired) electrons. The fraction of sp³-hybridized carbons (Fsp3) is 0.818. The van der Waals surface area contributed by atoms with E-state index in [-0.39, 0.29) is 18.1 Å². The largest absolute Gasteiger partial charge is 0.480 e. The van der Waals surface area contributed by atoms with Crippen molar-refractivity contribution in [1.82, 2.24) is 5.32 Å². The summed E-state index contributed by atoms with van der Waals surface area (Å²) in [7, 11) is -3.44. The highest BCUT2D eigenvalue weighted by Crippen LogP contribution is 2.05. The highest BCUT2D eigenvalue weighted by Gasteiger charge is 2.23. The molecule has 0 aliphatic heterocycles. The number of aliphatic carboxylic acids is 1. The molecule has 1 atom stereocenters. The Balaban J connectivity index is 4.48. The van der Waals surface area contributed by atoms with Gasteiger partial charge in [0.2, 0.25) is 5.91 Å². The second-order valence-electron chi connectivity index (χ2n) is 4.68. The van der Waals surface area contributed by atoms with Crippen molar-refractivity contribution in [2.75, 3.05) is 11.5 Å². The van der Waals surface area contributed by atoms with E-state index in [4.69, 9.17) is 5.11 Å². The number of carboxylic acid groups (broad SMARTS) is 1. The fourth-order valence-corrected chi connectivity index (χ4v) is 2.76. The normalized spacial score (nSPS) is 13.3. The van der Waals surface area contributed by atoms with Crippen LogP contribution in [0.5, 0.6) is 0 Å². The number of hydrogen-bond acceptors (Lipinski definition) is 4. The molecule has 0 aromatic rings. The van der Waals surface area contributed by atoms with Crippen molar-refractivity contribution >= 4 is 21.7 Å². The zero-order chi connectivity index (χ0) is 14.3. The molecule has 0 heterocycles. The average Bonchev–Trinajstić information content (AvgIpc) is 2.14. The van der Waals surface area contributed by atoms with E-state index in [9.17, 15) is 18.0 Å². The van der Waals surface area contributed by atoms with Crippen molar-refractivity contribution in [2.24, 2.45) is 5.92 Å². The Labute approximate surface area is 108 Å². The highest BCUT2D eigenvalue weighted by atomic mass is 32.2. The van der Waals surface area contributed by atoms with Gasteiger partial charge in [-0.25, -0.2) is 13.2 Å². The van der Waals surface area contributed by atoms with Gasteiger partial charge in [0.1, 0.15) is 11.8 Å². The lowest BCUT2D eigenvalue weighted by atomic mass is 10.0. The van der Waals surface area contributed by atoms with Crippen LogP contribution < -0.4 is 5.32 Å². The van der Waals surface area contributed by atoms with Gasteiger partial charge in [-0.05, 0) is 18.8 Å². The molecule has 0 aromatic heterocycles. The van der Waals surface area contributed by atoms with Crippen LogP contribution in [0.15, 0.2) is 0 Å². The molecule has 6 nitrogen and oxygen atoms in total. The van der Waals surface area contributed by atoms with Crippen LogP contribution in [0.3, 0.4) is 0 Å². The molecule has 0 aliphatic rings. The van der Waals surface area contributed by atoms with E-state index in [1.165, 1.54) is 0 Å². The number of hydrogen-bond donors (Lipinski definition) is 2. The van der Waals surface area contributed by atoms with E-state index >= 15 is 0 Å². The van der Waals surface area contributed by atoms with Gasteiger partial charge in [-0.3, -0.25) is 4.79 Å². The van der Waals surface area contributed by atoms with E-state index in [1.807, 2.05) is 13.8 Å². The first-order valence-corrected chi connectivity index (χ1v) is 7.72. The van der Waals surface area contributed by atoms with E-state index in [2.05, 4.69) is 5.32 Å². The monoisotopic (exact) mass is 279 g/mol. The number of rotatable bonds is 8. The second kappa shape index (κ2) is 7.35. The molecule has 0 aromatic carbocycles. The molecule has 0 aliphatic carbocycles. The Morgan fingerprint density at radius 2 is 1.83 bits per heavy atom. The molecular weight excluding hydrogens is 258 g/mol. The zero-order valence-corrected chi connectivity index (χ0v) is 11.8. The summed E-state index contributed by atoms with van der Waals surface area (Å²) in [5.74, 6) is -2.52. The quantitative estimate of drug-likeness (QED) is 0.671. The van der Waals surface area contributed by atoms with Crippen molar-refractivity contribution in [1.29, 1.82) is 0 Å². The third kappa shape index (κ3) is 7.26. The lowest BCUT2D eigenvalue weighted by Gasteiger charge is -2.16. The summed E-state index contributed by atoms with van der Waals surface area (Å²) in [5.41, 5.74) is 0. The third-order valence-corrected chi connectivity index (χ3v) is 3.94. The number of carbonyl (C=O) groups excluding carboxylic acids is 1. The Morgan fingerprint density at radius 3 is 2.22 bits per heavy atom. The summed E-state index contributed by atoms with van der Waals surface area (Å²) in [6.07, 6.45) is 0.707. The van der Waals surface area contributed by atoms with Crippen molar-refractivity contribution in [3.05, 3.63) is 0 Å². The summed E-state index contributed by atoms with van der Waals surface area (Å²) in [4.78, 5) is 22.4. The van der Waals surface area contributed by atoms with Crippen molar-refractivity contribution < 1.29 is 23.1 Å². The number of carboxylic acids is 1. The molecule has 1 amide bonds. The molecule has 0 rings (SSSR count). The second-order valence-corrected chi connectivity index (χ2v) is 6.86. The standard InChI is InChI=1S/C11H21NO5S/c1-4-5-18(16,17)7-10(13)12-9(11(14)15)6-8(2)3/h8-9H,4-7H2,1-3H3,(H,12,13)(H,14,15)/t9-/m1/s1. The zero-order valence-electron chi connectivity index (χ0n) is 11.0. The van der Waals surface area contributed by atoms with Gasteiger partial charge in [0, 0.05) is 0 Å². The summed E-state index contributed by atoms with van der Waals surface area (Å²) in [5, 5.41) is 11.2. The molecule has 0 saturated heterocycles. The maximum Gasteiger partial charge on any atom is 0.326 e. The number of amides is 1. The minimum atomic E-state index is -3.44. The van der Waals surface area contributed by atoms with Crippen molar-refractivity contribution in [3.63, 3.8) is 0 Å². The Hall–Kier alpha value is -1.11. The maximum atomic E-state index is 11.5. The number of nitrogens with one attached hydrogen (secondary N) is 1. The van der Waals surface area contributed by atoms with Crippen molar-refractivity contribution in [3.8, 4) is 0 Å². The van der Waals surface area contributed by atoms with Crippen LogP contribution in [0.1, 0.15) is 33.6 Å². The molecular formula is C11H21NO5S. The minimum absolute atomic E-state index is 0.0671. The van der Waals surface area contributed by atoms with E-state index in [0.717, 1.165) is 0 Å². The molecule has 7 heteroatoms. The van der Waals surface area contributed by atoms with Gasteiger partial charge in [-0.2, -0.15) is 0 Å². The van der Waals surface area contributed by atoms with Gasteiger partial charge < -0.3 is 10.4 Å². The molecule has 106 valence electrons. The van der Waals surface area contributed by atoms with E-state index in [1.54, 1.807) is 6.92 Å². The van der Waals surface area contributed by atoms with Crippen LogP contribution in [0.4, 0.5) is 0 Å². The molecule has 2 N–H and O–H groups in total. The molecule has 18 heavy (non-hydrogen) atoms. The summed E-state index contributed by atoms with van der Waals surface area (Å²) in [6.45, 7) is 5.36. The predicted molar refractivity (Wildman–Crippen MR) is 68.0 cm³/mol. The van der Waals surface area contributed by atoms with Crippen molar-refractivity contribution in [2.45, 2.75) is 39.7 Å². The number of sulfone groups is 1. The molecule has 0 spiro atoms. The summed E-state index contributed by atoms with van der Waals surface area (Å²) >= 11 is 0. The molecule has 0 fully saturated rings. The third-order valence-electron chi connectivity index (χ3n) is 2.21. The first-order valence-electron chi connectivity index (χ1n) is 5.90. The Bertz CT molecular complexity index is 388. The van der Waals surface area contributed by atoms with Gasteiger partial charge in [-0.15, -0.1) is 0 Å². The van der Waals surface area contributed by atoms with Crippen LogP contribution in [-0.4, -0.2) is 42.9 Å². The smallest absolute Gasteiger partial charge is 0.326 e. The SMILES string of the molecule is CCCS(=O)(=O)CC(=O)N[C@H](CC(C)C)C(=O)O. The molecule has 0 bridgehead atoms. The maximum absolute atomic E-state index is 11.5. The van der Waals surface area contributed by atoms with Gasteiger partial charge in [0.05, 0.1) is 5.75 Å². The van der Waals surface area contributed by atoms with E-state index in [0.29, 0.717) is 6.42 Å². The van der Waals surface area contributed by atoms with E-state index < -0.39 is 33.5 Å². The topological polar surface area (TPSA) is 101 Å². The van der Waals surface area contributed by atoms with Gasteiger partial charge in [0.15, 0.2) is 9.84 Å². The van der Waals surface area contributed by atoms with Gasteiger partial charge in [0.25, 0.3) is 0 Å². The Kier molecular flexibility index (Phi) is 6.90. The van der Waals surface area contributed by atoms with Crippen LogP contribution in [0, 0.1) is 5.92 Å². The highest BCUT2D eigenvalue weighted by molar-refractivity contribution is 7.92. The minimum Gasteiger partial charge on any atom is -0.480 e. The first-order chi connectivity index (χ1) is 8.18. The van der Waals surface area contributed by atoms with Gasteiger partial charge in [-0.1, -0.05) is 20.8 Å². The summed E-state index contributed by atoms with van der Waals surface area (Å²) < 4.78 is 22.8. The van der Waals surface area contributed by atoms with Crippen LogP contribution in [0.25, 0.3) is 0 Å². The summed E-state index contributed by atoms with van der Waals surface area (Å²) in [6, 6.07) is -1.03. The van der Waals surface area contributed by atoms with Gasteiger partial charge >= 0.3 is 5.97 Å². The lowest BCUT2D eigenvalue weighted by molar-refractivity contribution is -0.141.